The lowest BCUT2D eigenvalue weighted by Gasteiger charge is -2.40. The summed E-state index contributed by atoms with van der Waals surface area (Å²) in [6, 6.07) is 1.70. The van der Waals surface area contributed by atoms with Gasteiger partial charge in [-0.2, -0.15) is 0 Å². The highest BCUT2D eigenvalue weighted by molar-refractivity contribution is 9.10. The number of carbonyl (C=O) groups is 1. The maximum absolute atomic E-state index is 13.5. The van der Waals surface area contributed by atoms with Crippen molar-refractivity contribution in [1.29, 1.82) is 0 Å². The molecule has 0 fully saturated rings. The number of aromatic nitrogens is 1. The van der Waals surface area contributed by atoms with Crippen LogP contribution >= 0.6 is 15.9 Å². The Bertz CT molecular complexity index is 894. The number of hydrogen-bond donors (Lipinski definition) is 0. The third-order valence-electron chi connectivity index (χ3n) is 4.58. The van der Waals surface area contributed by atoms with Gasteiger partial charge in [0.2, 0.25) is 15.9 Å². The van der Waals surface area contributed by atoms with E-state index in [-0.39, 0.29) is 19.0 Å². The first kappa shape index (κ1) is 18.1. The molecule has 1 amide bonds. The fraction of sp³-hybridized carbons (Fsp3) is 0.412. The first-order valence-corrected chi connectivity index (χ1v) is 10.2. The molecule has 2 aliphatic rings. The Morgan fingerprint density at radius 2 is 2.08 bits per heavy atom. The fourth-order valence-corrected chi connectivity index (χ4v) is 5.50. The molecule has 0 aromatic carbocycles. The van der Waals surface area contributed by atoms with Crippen LogP contribution in [0.5, 0.6) is 0 Å². The van der Waals surface area contributed by atoms with Crippen molar-refractivity contribution in [3.8, 4) is 0 Å². The first-order valence-electron chi connectivity index (χ1n) is 7.97. The molecule has 1 atom stereocenters. The van der Waals surface area contributed by atoms with Gasteiger partial charge in [0.15, 0.2) is 5.82 Å². The molecule has 1 aliphatic heterocycles. The van der Waals surface area contributed by atoms with Crippen molar-refractivity contribution in [2.45, 2.75) is 31.9 Å². The number of sulfonamides is 1. The van der Waals surface area contributed by atoms with E-state index in [1.54, 1.807) is 31.3 Å². The van der Waals surface area contributed by atoms with Gasteiger partial charge in [-0.25, -0.2) is 13.4 Å². The van der Waals surface area contributed by atoms with Gasteiger partial charge in [0.1, 0.15) is 4.75 Å². The molecule has 0 bridgehead atoms. The molecule has 134 valence electrons. The summed E-state index contributed by atoms with van der Waals surface area (Å²) in [6.07, 6.45) is 7.46. The number of allylic oxidation sites excluding steroid dienone is 3. The lowest BCUT2D eigenvalue weighted by atomic mass is 9.96. The van der Waals surface area contributed by atoms with Crippen LogP contribution < -0.4 is 9.21 Å². The Balaban J connectivity index is 2.11. The number of rotatable bonds is 2. The molecule has 25 heavy (non-hydrogen) atoms. The van der Waals surface area contributed by atoms with Gasteiger partial charge >= 0.3 is 0 Å². The highest BCUT2D eigenvalue weighted by Gasteiger charge is 2.45. The second kappa shape index (κ2) is 6.25. The van der Waals surface area contributed by atoms with Crippen molar-refractivity contribution in [2.75, 3.05) is 22.3 Å². The van der Waals surface area contributed by atoms with Gasteiger partial charge in [-0.15, -0.1) is 0 Å². The normalized spacial score (nSPS) is 23.3. The van der Waals surface area contributed by atoms with Crippen LogP contribution in [0, 0.1) is 0 Å². The number of fused-ring (bicyclic) bond motifs is 1. The Morgan fingerprint density at radius 3 is 2.72 bits per heavy atom. The summed E-state index contributed by atoms with van der Waals surface area (Å²) in [5.41, 5.74) is 1.45. The standard InChI is InChI=1S/C17H20BrN3O3S/c1-12-5-4-6-17(3,10-12)25(23,24)21-8-7-20(13(2)22)16-15(21)9-14(18)11-19-16/h4-6,9,11H,7-8,10H2,1-3H3/t17-/m1/s1. The number of amides is 1. The van der Waals surface area contributed by atoms with Gasteiger partial charge in [-0.05, 0) is 42.3 Å². The molecule has 0 unspecified atom stereocenters. The Kier molecular flexibility index (Phi) is 4.53. The van der Waals surface area contributed by atoms with Gasteiger partial charge in [-0.1, -0.05) is 23.8 Å². The largest absolute Gasteiger partial charge is 0.293 e. The minimum atomic E-state index is -3.69. The predicted octanol–water partition coefficient (Wildman–Crippen LogP) is 3.01. The third kappa shape index (κ3) is 3.01. The van der Waals surface area contributed by atoms with E-state index in [1.807, 2.05) is 13.0 Å². The van der Waals surface area contributed by atoms with Crippen molar-refractivity contribution >= 4 is 43.4 Å². The molecule has 0 saturated heterocycles. The van der Waals surface area contributed by atoms with Crippen LogP contribution in [0.2, 0.25) is 0 Å². The summed E-state index contributed by atoms with van der Waals surface area (Å²) >= 11 is 3.35. The van der Waals surface area contributed by atoms with Crippen LogP contribution in [-0.4, -0.2) is 37.1 Å². The lowest BCUT2D eigenvalue weighted by Crippen LogP contribution is -2.52. The molecule has 0 saturated carbocycles. The van der Waals surface area contributed by atoms with E-state index >= 15 is 0 Å². The van der Waals surface area contributed by atoms with Gasteiger partial charge in [-0.3, -0.25) is 14.0 Å². The molecule has 3 rings (SSSR count). The molecule has 0 spiro atoms. The zero-order chi connectivity index (χ0) is 18.4. The molecule has 1 aromatic heterocycles. The molecule has 1 aromatic rings. The number of carbonyl (C=O) groups excluding carboxylic acids is 1. The van der Waals surface area contributed by atoms with Crippen LogP contribution in [0.1, 0.15) is 27.2 Å². The van der Waals surface area contributed by atoms with Crippen molar-refractivity contribution in [3.63, 3.8) is 0 Å². The van der Waals surface area contributed by atoms with Gasteiger partial charge < -0.3 is 0 Å². The summed E-state index contributed by atoms with van der Waals surface area (Å²) < 4.78 is 28.0. The second-order valence-electron chi connectivity index (χ2n) is 6.61. The Hall–Kier alpha value is -1.67. The average molecular weight is 426 g/mol. The minimum absolute atomic E-state index is 0.157. The quantitative estimate of drug-likeness (QED) is 0.729. The Labute approximate surface area is 156 Å². The van der Waals surface area contributed by atoms with Crippen molar-refractivity contribution in [2.24, 2.45) is 0 Å². The first-order chi connectivity index (χ1) is 11.7. The summed E-state index contributed by atoms with van der Waals surface area (Å²) in [5, 5.41) is 0. The smallest absolute Gasteiger partial charge is 0.244 e. The van der Waals surface area contributed by atoms with Gasteiger partial charge in [0.05, 0.1) is 12.2 Å². The summed E-state index contributed by atoms with van der Waals surface area (Å²) in [5.74, 6) is 0.219. The molecule has 8 heteroatoms. The average Bonchev–Trinajstić information content (AvgIpc) is 2.52. The monoisotopic (exact) mass is 425 g/mol. The predicted molar refractivity (Wildman–Crippen MR) is 102 cm³/mol. The molecule has 0 N–H and O–H groups in total. The van der Waals surface area contributed by atoms with Crippen molar-refractivity contribution < 1.29 is 13.2 Å². The van der Waals surface area contributed by atoms with Gasteiger partial charge in [0, 0.05) is 24.1 Å². The van der Waals surface area contributed by atoms with Crippen LogP contribution in [0.15, 0.2) is 40.5 Å². The summed E-state index contributed by atoms with van der Waals surface area (Å²) in [7, 11) is -3.69. The molecular weight excluding hydrogens is 406 g/mol. The molecule has 1 aliphatic carbocycles. The van der Waals surface area contributed by atoms with E-state index in [1.165, 1.54) is 16.1 Å². The number of halogens is 1. The zero-order valence-electron chi connectivity index (χ0n) is 14.4. The maximum atomic E-state index is 13.5. The van der Waals surface area contributed by atoms with Crippen LogP contribution in [-0.2, 0) is 14.8 Å². The van der Waals surface area contributed by atoms with Crippen molar-refractivity contribution in [1.82, 2.24) is 4.98 Å². The van der Waals surface area contributed by atoms with Gasteiger partial charge in [0.25, 0.3) is 0 Å². The summed E-state index contributed by atoms with van der Waals surface area (Å²) in [4.78, 5) is 17.7. The van der Waals surface area contributed by atoms with Crippen LogP contribution in [0.25, 0.3) is 0 Å². The Morgan fingerprint density at radius 1 is 1.36 bits per heavy atom. The minimum Gasteiger partial charge on any atom is -0.293 e. The number of anilines is 2. The molecule has 2 heterocycles. The lowest BCUT2D eigenvalue weighted by molar-refractivity contribution is -0.116. The van der Waals surface area contributed by atoms with E-state index < -0.39 is 14.8 Å². The molecule has 6 nitrogen and oxygen atoms in total. The van der Waals surface area contributed by atoms with E-state index in [2.05, 4.69) is 20.9 Å². The third-order valence-corrected chi connectivity index (χ3v) is 7.44. The second-order valence-corrected chi connectivity index (χ2v) is 9.84. The van der Waals surface area contributed by atoms with E-state index in [0.717, 1.165) is 5.57 Å². The maximum Gasteiger partial charge on any atom is 0.244 e. The molecule has 0 radical (unpaired) electrons. The highest BCUT2D eigenvalue weighted by atomic mass is 79.9. The summed E-state index contributed by atoms with van der Waals surface area (Å²) in [6.45, 7) is 5.61. The fourth-order valence-electron chi connectivity index (χ4n) is 3.30. The highest BCUT2D eigenvalue weighted by Crippen LogP contribution is 2.40. The van der Waals surface area contributed by atoms with Crippen LogP contribution in [0.4, 0.5) is 11.5 Å². The number of hydrogen-bond acceptors (Lipinski definition) is 4. The van der Waals surface area contributed by atoms with E-state index in [0.29, 0.717) is 22.4 Å². The SMILES string of the molecule is CC(=O)N1CCN(S(=O)(=O)[C@]2(C)C=CC=C(C)C2)c2cc(Br)cnc21. The van der Waals surface area contributed by atoms with Crippen molar-refractivity contribution in [3.05, 3.63) is 40.5 Å². The topological polar surface area (TPSA) is 70.6 Å². The molecular formula is C17H20BrN3O3S. The van der Waals surface area contributed by atoms with E-state index in [4.69, 9.17) is 0 Å². The van der Waals surface area contributed by atoms with E-state index in [9.17, 15) is 13.2 Å². The number of nitrogens with zero attached hydrogens (tertiary/aromatic N) is 3. The number of pyridine rings is 1. The zero-order valence-corrected chi connectivity index (χ0v) is 16.8. The van der Waals surface area contributed by atoms with Crippen LogP contribution in [0.3, 0.4) is 0 Å².